The van der Waals surface area contributed by atoms with Crippen molar-refractivity contribution in [1.29, 1.82) is 0 Å². The number of halogens is 3. The van der Waals surface area contributed by atoms with E-state index >= 15 is 0 Å². The van der Waals surface area contributed by atoms with E-state index in [1.807, 2.05) is 0 Å². The summed E-state index contributed by atoms with van der Waals surface area (Å²) in [7, 11) is 0. The SMILES string of the molecule is NC(=O)c1ncc2c(n1)CN(C(=O)c1ccccc1OC(F)(F)F)CC2. The van der Waals surface area contributed by atoms with Gasteiger partial charge in [0.2, 0.25) is 5.82 Å². The average Bonchev–Trinajstić information content (AvgIpc) is 2.59. The molecule has 0 unspecified atom stereocenters. The molecule has 0 aliphatic carbocycles. The van der Waals surface area contributed by atoms with Gasteiger partial charge in [0.15, 0.2) is 0 Å². The lowest BCUT2D eigenvalue weighted by Gasteiger charge is -2.28. The highest BCUT2D eigenvalue weighted by Gasteiger charge is 2.34. The largest absolute Gasteiger partial charge is 0.573 e. The molecule has 26 heavy (non-hydrogen) atoms. The topological polar surface area (TPSA) is 98.4 Å². The Balaban J connectivity index is 1.86. The molecule has 2 amide bonds. The Morgan fingerprint density at radius 2 is 1.96 bits per heavy atom. The third-order valence-electron chi connectivity index (χ3n) is 3.80. The molecule has 0 bridgehead atoms. The van der Waals surface area contributed by atoms with Crippen LogP contribution in [0.1, 0.15) is 32.2 Å². The number of hydrogen-bond donors (Lipinski definition) is 1. The van der Waals surface area contributed by atoms with E-state index in [4.69, 9.17) is 5.73 Å². The van der Waals surface area contributed by atoms with Gasteiger partial charge in [0, 0.05) is 12.7 Å². The number of rotatable bonds is 3. The quantitative estimate of drug-likeness (QED) is 0.891. The fraction of sp³-hybridized carbons (Fsp3) is 0.250. The van der Waals surface area contributed by atoms with Gasteiger partial charge in [0.1, 0.15) is 5.75 Å². The van der Waals surface area contributed by atoms with Crippen LogP contribution in [0.4, 0.5) is 13.2 Å². The first kappa shape index (κ1) is 17.6. The van der Waals surface area contributed by atoms with E-state index in [1.54, 1.807) is 0 Å². The summed E-state index contributed by atoms with van der Waals surface area (Å²) in [5.41, 5.74) is 6.11. The van der Waals surface area contributed by atoms with Crippen LogP contribution >= 0.6 is 0 Å². The molecule has 2 aromatic rings. The fourth-order valence-corrected chi connectivity index (χ4v) is 2.62. The van der Waals surface area contributed by atoms with Crippen molar-refractivity contribution in [2.75, 3.05) is 6.54 Å². The molecule has 1 aromatic heterocycles. The summed E-state index contributed by atoms with van der Waals surface area (Å²) in [5.74, 6) is -2.19. The van der Waals surface area contributed by atoms with Crippen molar-refractivity contribution in [2.45, 2.75) is 19.3 Å². The minimum Gasteiger partial charge on any atom is -0.405 e. The molecule has 0 spiro atoms. The number of carbonyl (C=O) groups is 2. The number of alkyl halides is 3. The lowest BCUT2D eigenvalue weighted by molar-refractivity contribution is -0.274. The Hall–Kier alpha value is -3.17. The van der Waals surface area contributed by atoms with Crippen LogP contribution in [0.3, 0.4) is 0 Å². The van der Waals surface area contributed by atoms with Gasteiger partial charge in [-0.1, -0.05) is 12.1 Å². The Morgan fingerprint density at radius 3 is 2.65 bits per heavy atom. The van der Waals surface area contributed by atoms with E-state index in [0.717, 1.165) is 11.6 Å². The third kappa shape index (κ3) is 3.73. The summed E-state index contributed by atoms with van der Waals surface area (Å²) in [6.07, 6.45) is -3.04. The predicted molar refractivity (Wildman–Crippen MR) is 82.1 cm³/mol. The van der Waals surface area contributed by atoms with Gasteiger partial charge in [-0.2, -0.15) is 0 Å². The van der Waals surface area contributed by atoms with Gasteiger partial charge in [-0.25, -0.2) is 9.97 Å². The Morgan fingerprint density at radius 1 is 1.23 bits per heavy atom. The number of nitrogens with zero attached hydrogens (tertiary/aromatic N) is 3. The number of nitrogens with two attached hydrogens (primary N) is 1. The number of fused-ring (bicyclic) bond motifs is 1. The van der Waals surface area contributed by atoms with Crippen LogP contribution in [0.25, 0.3) is 0 Å². The molecule has 1 aliphatic heterocycles. The molecule has 136 valence electrons. The van der Waals surface area contributed by atoms with E-state index in [1.165, 1.54) is 29.3 Å². The van der Waals surface area contributed by atoms with Crippen LogP contribution in [-0.4, -0.2) is 39.6 Å². The van der Waals surface area contributed by atoms with Crippen molar-refractivity contribution in [3.63, 3.8) is 0 Å². The molecular weight excluding hydrogens is 353 g/mol. The number of para-hydroxylation sites is 1. The maximum atomic E-state index is 12.7. The van der Waals surface area contributed by atoms with Crippen LogP contribution in [0, 0.1) is 0 Å². The summed E-state index contributed by atoms with van der Waals surface area (Å²) >= 11 is 0. The second kappa shape index (κ2) is 6.62. The number of hydrogen-bond acceptors (Lipinski definition) is 5. The van der Waals surface area contributed by atoms with E-state index < -0.39 is 23.9 Å². The van der Waals surface area contributed by atoms with Crippen molar-refractivity contribution >= 4 is 11.8 Å². The molecule has 0 radical (unpaired) electrons. The molecule has 1 aromatic carbocycles. The molecule has 0 fully saturated rings. The summed E-state index contributed by atoms with van der Waals surface area (Å²) < 4.78 is 41.5. The molecule has 7 nitrogen and oxygen atoms in total. The highest BCUT2D eigenvalue weighted by Crippen LogP contribution is 2.28. The number of aromatic nitrogens is 2. The zero-order valence-corrected chi connectivity index (χ0v) is 13.3. The van der Waals surface area contributed by atoms with Crippen molar-refractivity contribution in [2.24, 2.45) is 5.73 Å². The number of carbonyl (C=O) groups excluding carboxylic acids is 2. The third-order valence-corrected chi connectivity index (χ3v) is 3.80. The summed E-state index contributed by atoms with van der Waals surface area (Å²) in [6.45, 7) is 0.294. The summed E-state index contributed by atoms with van der Waals surface area (Å²) in [4.78, 5) is 33.1. The molecule has 10 heteroatoms. The van der Waals surface area contributed by atoms with Crippen LogP contribution in [-0.2, 0) is 13.0 Å². The molecular formula is C16H13F3N4O3. The maximum Gasteiger partial charge on any atom is 0.573 e. The number of ether oxygens (including phenoxy) is 1. The molecule has 0 atom stereocenters. The number of amides is 2. The predicted octanol–water partition coefficient (Wildman–Crippen LogP) is 1.67. The molecule has 2 heterocycles. The lowest BCUT2D eigenvalue weighted by Crippen LogP contribution is -2.37. The smallest absolute Gasteiger partial charge is 0.405 e. The van der Waals surface area contributed by atoms with Gasteiger partial charge in [-0.15, -0.1) is 13.2 Å². The van der Waals surface area contributed by atoms with Crippen LogP contribution in [0.2, 0.25) is 0 Å². The number of benzene rings is 1. The van der Waals surface area contributed by atoms with Crippen LogP contribution < -0.4 is 10.5 Å². The van der Waals surface area contributed by atoms with Gasteiger partial charge < -0.3 is 15.4 Å². The second-order valence-electron chi connectivity index (χ2n) is 5.55. The van der Waals surface area contributed by atoms with E-state index in [9.17, 15) is 22.8 Å². The average molecular weight is 366 g/mol. The first-order valence-corrected chi connectivity index (χ1v) is 7.53. The van der Waals surface area contributed by atoms with Crippen molar-refractivity contribution in [3.05, 3.63) is 53.1 Å². The van der Waals surface area contributed by atoms with Crippen LogP contribution in [0.5, 0.6) is 5.75 Å². The van der Waals surface area contributed by atoms with Gasteiger partial charge >= 0.3 is 6.36 Å². The molecule has 0 saturated carbocycles. The van der Waals surface area contributed by atoms with Crippen molar-refractivity contribution in [3.8, 4) is 5.75 Å². The van der Waals surface area contributed by atoms with Gasteiger partial charge in [-0.3, -0.25) is 9.59 Å². The zero-order chi connectivity index (χ0) is 18.9. The van der Waals surface area contributed by atoms with Gasteiger partial charge in [-0.05, 0) is 24.1 Å². The van der Waals surface area contributed by atoms with Gasteiger partial charge in [0.05, 0.1) is 17.8 Å². The molecule has 1 aliphatic rings. The minimum atomic E-state index is -4.91. The van der Waals surface area contributed by atoms with E-state index in [0.29, 0.717) is 12.1 Å². The Bertz CT molecular complexity index is 870. The first-order valence-electron chi connectivity index (χ1n) is 7.53. The highest BCUT2D eigenvalue weighted by molar-refractivity contribution is 5.97. The van der Waals surface area contributed by atoms with Crippen molar-refractivity contribution < 1.29 is 27.5 Å². The first-order chi connectivity index (χ1) is 12.2. The Kier molecular flexibility index (Phi) is 4.49. The molecule has 0 saturated heterocycles. The lowest BCUT2D eigenvalue weighted by atomic mass is 10.1. The highest BCUT2D eigenvalue weighted by atomic mass is 19.4. The summed E-state index contributed by atoms with van der Waals surface area (Å²) in [6, 6.07) is 5.12. The second-order valence-corrected chi connectivity index (χ2v) is 5.55. The monoisotopic (exact) mass is 366 g/mol. The molecule has 2 N–H and O–H groups in total. The standard InChI is InChI=1S/C16H13F3N4O3/c17-16(18,19)26-12-4-2-1-3-10(12)15(25)23-6-5-9-7-21-14(13(20)24)22-11(9)8-23/h1-4,7H,5-6,8H2,(H2,20,24). The van der Waals surface area contributed by atoms with E-state index in [-0.39, 0.29) is 24.5 Å². The van der Waals surface area contributed by atoms with Crippen LogP contribution in [0.15, 0.2) is 30.5 Å². The maximum absolute atomic E-state index is 12.7. The zero-order valence-electron chi connectivity index (χ0n) is 13.3. The molecule has 3 rings (SSSR count). The van der Waals surface area contributed by atoms with Crippen molar-refractivity contribution in [1.82, 2.24) is 14.9 Å². The fourth-order valence-electron chi connectivity index (χ4n) is 2.62. The minimum absolute atomic E-state index is 0.0251. The van der Waals surface area contributed by atoms with E-state index in [2.05, 4.69) is 14.7 Å². The van der Waals surface area contributed by atoms with Gasteiger partial charge in [0.25, 0.3) is 11.8 Å². The number of primary amides is 1. The Labute approximate surface area is 145 Å². The summed E-state index contributed by atoms with van der Waals surface area (Å²) in [5, 5.41) is 0. The normalized spacial score (nSPS) is 13.9.